The molecule has 1 fully saturated rings. The molecule has 0 unspecified atom stereocenters. The maximum Gasteiger partial charge on any atom is 0.191 e. The lowest BCUT2D eigenvalue weighted by atomic mass is 9.95. The first-order valence-electron chi connectivity index (χ1n) is 8.99. The van der Waals surface area contributed by atoms with Crippen molar-refractivity contribution in [2.45, 2.75) is 24.7 Å². The predicted molar refractivity (Wildman–Crippen MR) is 103 cm³/mol. The molecule has 0 spiro atoms. The first-order valence-corrected chi connectivity index (χ1v) is 8.99. The summed E-state index contributed by atoms with van der Waals surface area (Å²) in [5, 5.41) is 6.68. The van der Waals surface area contributed by atoms with Crippen LogP contribution in [-0.4, -0.2) is 33.2 Å². The van der Waals surface area contributed by atoms with E-state index in [1.165, 1.54) is 11.6 Å². The maximum absolute atomic E-state index is 14.1. The fourth-order valence-electron chi connectivity index (χ4n) is 3.21. The highest BCUT2D eigenvalue weighted by molar-refractivity contribution is 5.79. The number of aliphatic imine (C=N–C) groups is 1. The molecular weight excluding hydrogens is 329 g/mol. The van der Waals surface area contributed by atoms with Gasteiger partial charge in [0.15, 0.2) is 5.96 Å². The van der Waals surface area contributed by atoms with Crippen LogP contribution < -0.4 is 15.4 Å². The van der Waals surface area contributed by atoms with Crippen molar-refractivity contribution in [2.75, 3.05) is 27.2 Å². The number of guanidine groups is 1. The van der Waals surface area contributed by atoms with Gasteiger partial charge < -0.3 is 15.4 Å². The van der Waals surface area contributed by atoms with E-state index < -0.39 is 0 Å². The van der Waals surface area contributed by atoms with Gasteiger partial charge in [0.1, 0.15) is 11.6 Å². The van der Waals surface area contributed by atoms with Gasteiger partial charge >= 0.3 is 0 Å². The average molecular weight is 355 g/mol. The van der Waals surface area contributed by atoms with Crippen LogP contribution in [0.2, 0.25) is 0 Å². The lowest BCUT2D eigenvalue weighted by Gasteiger charge is -2.19. The van der Waals surface area contributed by atoms with Crippen molar-refractivity contribution in [1.29, 1.82) is 0 Å². The molecule has 0 saturated heterocycles. The summed E-state index contributed by atoms with van der Waals surface area (Å²) in [5.74, 6) is 1.49. The number of benzene rings is 2. The zero-order valence-corrected chi connectivity index (χ0v) is 15.4. The molecule has 0 aliphatic heterocycles. The molecule has 1 saturated carbocycles. The van der Waals surface area contributed by atoms with Crippen LogP contribution in [0.5, 0.6) is 5.75 Å². The Balaban J connectivity index is 1.50. The third-order valence-corrected chi connectivity index (χ3v) is 4.96. The minimum Gasteiger partial charge on any atom is -0.497 e. The number of methoxy groups -OCH3 is 1. The predicted octanol–water partition coefficient (Wildman–Crippen LogP) is 3.27. The van der Waals surface area contributed by atoms with Gasteiger partial charge in [-0.2, -0.15) is 0 Å². The zero-order chi connectivity index (χ0) is 18.4. The molecule has 1 aliphatic carbocycles. The Hall–Kier alpha value is -2.56. The van der Waals surface area contributed by atoms with E-state index in [4.69, 9.17) is 4.74 Å². The van der Waals surface area contributed by atoms with Gasteiger partial charge in [-0.3, -0.25) is 4.99 Å². The standard InChI is InChI=1S/C21H26FN3O/c1-23-20(24-13-10-16-6-5-7-17(14-16)26-2)25-15-21(11-12-21)18-8-3-4-9-19(18)22/h3-9,14H,10-13,15H2,1-2H3,(H2,23,24,25). The van der Waals surface area contributed by atoms with Crippen molar-refractivity contribution in [3.63, 3.8) is 0 Å². The van der Waals surface area contributed by atoms with Crippen molar-refractivity contribution < 1.29 is 9.13 Å². The van der Waals surface area contributed by atoms with E-state index in [-0.39, 0.29) is 11.2 Å². The highest BCUT2D eigenvalue weighted by Gasteiger charge is 2.45. The Bertz CT molecular complexity index is 771. The van der Waals surface area contributed by atoms with Crippen LogP contribution in [0.15, 0.2) is 53.5 Å². The van der Waals surface area contributed by atoms with Crippen molar-refractivity contribution in [2.24, 2.45) is 4.99 Å². The normalized spacial score (nSPS) is 15.4. The number of hydrogen-bond donors (Lipinski definition) is 2. The van der Waals surface area contributed by atoms with Gasteiger partial charge in [-0.1, -0.05) is 30.3 Å². The van der Waals surface area contributed by atoms with E-state index >= 15 is 0 Å². The minimum absolute atomic E-state index is 0.101. The summed E-state index contributed by atoms with van der Waals surface area (Å²) in [7, 11) is 3.43. The molecular formula is C21H26FN3O. The van der Waals surface area contributed by atoms with Crippen molar-refractivity contribution in [3.05, 3.63) is 65.5 Å². The first kappa shape index (κ1) is 18.2. The van der Waals surface area contributed by atoms with Crippen molar-refractivity contribution in [1.82, 2.24) is 10.6 Å². The van der Waals surface area contributed by atoms with E-state index in [0.29, 0.717) is 6.54 Å². The van der Waals surface area contributed by atoms with Crippen LogP contribution in [0.4, 0.5) is 4.39 Å². The van der Waals surface area contributed by atoms with Gasteiger partial charge in [-0.25, -0.2) is 4.39 Å². The second kappa shape index (κ2) is 8.21. The quantitative estimate of drug-likeness (QED) is 0.592. The molecule has 2 aromatic rings. The van der Waals surface area contributed by atoms with Gasteiger partial charge in [0.05, 0.1) is 7.11 Å². The number of hydrogen-bond acceptors (Lipinski definition) is 2. The molecule has 26 heavy (non-hydrogen) atoms. The number of nitrogens with one attached hydrogen (secondary N) is 2. The number of ether oxygens (including phenoxy) is 1. The highest BCUT2D eigenvalue weighted by Crippen LogP contribution is 2.48. The van der Waals surface area contributed by atoms with Crippen LogP contribution in [0.3, 0.4) is 0 Å². The first-order chi connectivity index (χ1) is 12.7. The van der Waals surface area contributed by atoms with E-state index in [1.54, 1.807) is 20.2 Å². The molecule has 0 heterocycles. The second-order valence-electron chi connectivity index (χ2n) is 6.71. The third kappa shape index (κ3) is 4.34. The molecule has 2 aromatic carbocycles. The van der Waals surface area contributed by atoms with Crippen molar-refractivity contribution >= 4 is 5.96 Å². The van der Waals surface area contributed by atoms with Gasteiger partial charge in [0.25, 0.3) is 0 Å². The minimum atomic E-state index is -0.118. The topological polar surface area (TPSA) is 45.7 Å². The molecule has 0 amide bonds. The molecule has 0 bridgehead atoms. The molecule has 1 aliphatic rings. The second-order valence-corrected chi connectivity index (χ2v) is 6.71. The summed E-state index contributed by atoms with van der Waals surface area (Å²) >= 11 is 0. The van der Waals surface area contributed by atoms with Crippen LogP contribution in [0.25, 0.3) is 0 Å². The van der Waals surface area contributed by atoms with Gasteiger partial charge in [0, 0.05) is 25.6 Å². The molecule has 4 nitrogen and oxygen atoms in total. The molecule has 0 radical (unpaired) electrons. The summed E-state index contributed by atoms with van der Waals surface area (Å²) in [6, 6.07) is 15.1. The van der Waals surface area contributed by atoms with Gasteiger partial charge in [-0.05, 0) is 48.6 Å². The summed E-state index contributed by atoms with van der Waals surface area (Å²) in [6.07, 6.45) is 2.87. The largest absolute Gasteiger partial charge is 0.497 e. The van der Waals surface area contributed by atoms with Crippen LogP contribution in [0, 0.1) is 5.82 Å². The number of rotatable bonds is 7. The summed E-state index contributed by atoms with van der Waals surface area (Å²) in [5.41, 5.74) is 1.91. The summed E-state index contributed by atoms with van der Waals surface area (Å²) in [4.78, 5) is 4.28. The van der Waals surface area contributed by atoms with Crippen molar-refractivity contribution in [3.8, 4) is 5.75 Å². The van der Waals surface area contributed by atoms with Crippen LogP contribution in [-0.2, 0) is 11.8 Å². The Morgan fingerprint density at radius 3 is 2.65 bits per heavy atom. The Labute approximate surface area is 154 Å². The van der Waals surface area contributed by atoms with E-state index in [1.807, 2.05) is 30.3 Å². The Morgan fingerprint density at radius 2 is 1.96 bits per heavy atom. The van der Waals surface area contributed by atoms with Crippen LogP contribution in [0.1, 0.15) is 24.0 Å². The lowest BCUT2D eigenvalue weighted by molar-refractivity contribution is 0.414. The highest BCUT2D eigenvalue weighted by atomic mass is 19.1. The van der Waals surface area contributed by atoms with Gasteiger partial charge in [-0.15, -0.1) is 0 Å². The molecule has 138 valence electrons. The van der Waals surface area contributed by atoms with Gasteiger partial charge in [0.2, 0.25) is 0 Å². The lowest BCUT2D eigenvalue weighted by Crippen LogP contribution is -2.42. The Kier molecular flexibility index (Phi) is 5.76. The molecule has 3 rings (SSSR count). The summed E-state index contributed by atoms with van der Waals surface area (Å²) < 4.78 is 19.4. The fraction of sp³-hybridized carbons (Fsp3) is 0.381. The zero-order valence-electron chi connectivity index (χ0n) is 15.4. The maximum atomic E-state index is 14.1. The average Bonchev–Trinajstić information content (AvgIpc) is 3.46. The molecule has 0 atom stereocenters. The third-order valence-electron chi connectivity index (χ3n) is 4.96. The number of nitrogens with zero attached hydrogens (tertiary/aromatic N) is 1. The molecule has 2 N–H and O–H groups in total. The fourth-order valence-corrected chi connectivity index (χ4v) is 3.21. The smallest absolute Gasteiger partial charge is 0.191 e. The SMILES string of the molecule is CN=C(NCCc1cccc(OC)c1)NCC1(c2ccccc2F)CC1. The Morgan fingerprint density at radius 1 is 1.15 bits per heavy atom. The monoisotopic (exact) mass is 355 g/mol. The van der Waals surface area contributed by atoms with E-state index in [0.717, 1.165) is 43.1 Å². The number of halogens is 1. The van der Waals surface area contributed by atoms with Crippen LogP contribution >= 0.6 is 0 Å². The van der Waals surface area contributed by atoms with E-state index in [2.05, 4.69) is 21.7 Å². The summed E-state index contributed by atoms with van der Waals surface area (Å²) in [6.45, 7) is 1.45. The molecule has 0 aromatic heterocycles. The van der Waals surface area contributed by atoms with E-state index in [9.17, 15) is 4.39 Å². The molecule has 5 heteroatoms.